The lowest BCUT2D eigenvalue weighted by molar-refractivity contribution is -0.0344. The summed E-state index contributed by atoms with van der Waals surface area (Å²) in [6, 6.07) is 3.79. The number of halogens is 1. The van der Waals surface area contributed by atoms with E-state index in [-0.39, 0.29) is 6.10 Å². The number of ether oxygens (including phenoxy) is 1. The van der Waals surface area contributed by atoms with Crippen LogP contribution in [0.3, 0.4) is 0 Å². The van der Waals surface area contributed by atoms with Crippen LogP contribution in [0.1, 0.15) is 30.5 Å². The minimum absolute atomic E-state index is 0.0536. The molecule has 6 nitrogen and oxygen atoms in total. The fraction of sp³-hybridized carbons (Fsp3) is 0.444. The van der Waals surface area contributed by atoms with Gasteiger partial charge in [-0.25, -0.2) is 9.97 Å². The van der Waals surface area contributed by atoms with E-state index in [0.29, 0.717) is 10.9 Å². The van der Waals surface area contributed by atoms with Crippen LogP contribution in [0.15, 0.2) is 36.9 Å². The number of rotatable bonds is 5. The third-order valence-electron chi connectivity index (χ3n) is 4.82. The summed E-state index contributed by atoms with van der Waals surface area (Å²) in [6.45, 7) is 2.43. The molecule has 0 aromatic carbocycles. The lowest BCUT2D eigenvalue weighted by Crippen LogP contribution is -2.33. The summed E-state index contributed by atoms with van der Waals surface area (Å²) in [7, 11) is 2.02. The van der Waals surface area contributed by atoms with Crippen molar-refractivity contribution in [3.05, 3.63) is 53.5 Å². The normalized spacial score (nSPS) is 21.0. The Morgan fingerprint density at radius 2 is 2.28 bits per heavy atom. The van der Waals surface area contributed by atoms with Crippen molar-refractivity contribution in [3.63, 3.8) is 0 Å². The smallest absolute Gasteiger partial charge is 0.137 e. The fourth-order valence-corrected chi connectivity index (χ4v) is 3.67. The Morgan fingerprint density at radius 3 is 3.12 bits per heavy atom. The summed E-state index contributed by atoms with van der Waals surface area (Å²) in [6.07, 6.45) is 9.90. The first-order valence-electron chi connectivity index (χ1n) is 8.63. The second-order valence-corrected chi connectivity index (χ2v) is 6.98. The van der Waals surface area contributed by atoms with E-state index in [9.17, 15) is 0 Å². The zero-order chi connectivity index (χ0) is 17.2. The van der Waals surface area contributed by atoms with E-state index in [0.717, 1.165) is 49.7 Å². The van der Waals surface area contributed by atoms with E-state index in [2.05, 4.69) is 19.9 Å². The van der Waals surface area contributed by atoms with Crippen molar-refractivity contribution in [1.29, 1.82) is 0 Å². The molecule has 0 spiro atoms. The molecule has 0 bridgehead atoms. The van der Waals surface area contributed by atoms with Crippen LogP contribution in [0.25, 0.3) is 5.65 Å². The minimum Gasteiger partial charge on any atom is -0.370 e. The van der Waals surface area contributed by atoms with Gasteiger partial charge in [0.15, 0.2) is 0 Å². The molecule has 1 aliphatic heterocycles. The molecule has 1 aliphatic rings. The largest absolute Gasteiger partial charge is 0.370 e. The van der Waals surface area contributed by atoms with Gasteiger partial charge in [-0.15, -0.1) is 0 Å². The molecule has 1 saturated heterocycles. The fourth-order valence-electron chi connectivity index (χ4n) is 3.51. The summed E-state index contributed by atoms with van der Waals surface area (Å²) in [4.78, 5) is 8.90. The molecule has 0 radical (unpaired) electrons. The number of imidazole rings is 2. The molecule has 7 heteroatoms. The average Bonchev–Trinajstić information content (AvgIpc) is 3.22. The molecular weight excluding hydrogens is 338 g/mol. The van der Waals surface area contributed by atoms with Gasteiger partial charge in [-0.1, -0.05) is 11.6 Å². The van der Waals surface area contributed by atoms with Gasteiger partial charge in [-0.2, -0.15) is 0 Å². The maximum Gasteiger partial charge on any atom is 0.137 e. The van der Waals surface area contributed by atoms with Gasteiger partial charge < -0.3 is 19.0 Å². The lowest BCUT2D eigenvalue weighted by atomic mass is 9.93. The second-order valence-electron chi connectivity index (χ2n) is 6.55. The quantitative estimate of drug-likeness (QED) is 0.761. The van der Waals surface area contributed by atoms with Gasteiger partial charge in [-0.3, -0.25) is 0 Å². The highest BCUT2D eigenvalue weighted by molar-refractivity contribution is 6.30. The molecule has 25 heavy (non-hydrogen) atoms. The summed E-state index contributed by atoms with van der Waals surface area (Å²) in [5, 5.41) is 4.27. The van der Waals surface area contributed by atoms with Crippen molar-refractivity contribution >= 4 is 17.2 Å². The zero-order valence-corrected chi connectivity index (χ0v) is 15.0. The number of pyridine rings is 1. The standard InChI is InChI=1S/C18H22ClN5O/c1-23-7-6-21-18(23)17-13(3-2-8-25-17)9-20-10-15-11-22-16-5-4-14(19)12-24(15)16/h4-7,11-13,17,20H,2-3,8-10H2,1H3/t13-,17+/m0/s1. The lowest BCUT2D eigenvalue weighted by Gasteiger charge is -2.31. The van der Waals surface area contributed by atoms with Gasteiger partial charge in [0.05, 0.1) is 16.9 Å². The Hall–Kier alpha value is -1.89. The van der Waals surface area contributed by atoms with Crippen LogP contribution in [0.5, 0.6) is 0 Å². The summed E-state index contributed by atoms with van der Waals surface area (Å²) < 4.78 is 10.1. The van der Waals surface area contributed by atoms with Crippen LogP contribution >= 0.6 is 11.6 Å². The molecule has 4 rings (SSSR count). The van der Waals surface area contributed by atoms with Gasteiger partial charge in [0.2, 0.25) is 0 Å². The maximum absolute atomic E-state index is 6.10. The van der Waals surface area contributed by atoms with Crippen molar-refractivity contribution in [2.45, 2.75) is 25.5 Å². The molecule has 0 unspecified atom stereocenters. The Morgan fingerprint density at radius 1 is 1.36 bits per heavy atom. The summed E-state index contributed by atoms with van der Waals surface area (Å²) >= 11 is 6.10. The number of fused-ring (bicyclic) bond motifs is 1. The zero-order valence-electron chi connectivity index (χ0n) is 14.2. The Kier molecular flexibility index (Phi) is 4.74. The number of hydrogen-bond acceptors (Lipinski definition) is 4. The highest BCUT2D eigenvalue weighted by atomic mass is 35.5. The molecule has 132 valence electrons. The van der Waals surface area contributed by atoms with Crippen LogP contribution in [0, 0.1) is 5.92 Å². The Bertz CT molecular complexity index is 858. The highest BCUT2D eigenvalue weighted by Gasteiger charge is 2.29. The number of nitrogens with one attached hydrogen (secondary N) is 1. The van der Waals surface area contributed by atoms with E-state index in [1.807, 2.05) is 48.4 Å². The average molecular weight is 360 g/mol. The SMILES string of the molecule is Cn1ccnc1[C@@H]1OCCC[C@H]1CNCc1cnc2ccc(Cl)cn12. The van der Waals surface area contributed by atoms with Crippen molar-refractivity contribution in [3.8, 4) is 0 Å². The van der Waals surface area contributed by atoms with E-state index in [1.54, 1.807) is 0 Å². The van der Waals surface area contributed by atoms with Crippen LogP contribution in [-0.4, -0.2) is 32.1 Å². The van der Waals surface area contributed by atoms with Gasteiger partial charge >= 0.3 is 0 Å². The predicted octanol–water partition coefficient (Wildman–Crippen LogP) is 2.98. The molecule has 0 amide bonds. The molecule has 3 aromatic rings. The molecule has 0 saturated carbocycles. The maximum atomic E-state index is 6.10. The van der Waals surface area contributed by atoms with E-state index in [4.69, 9.17) is 16.3 Å². The van der Waals surface area contributed by atoms with Crippen LogP contribution in [0.2, 0.25) is 5.02 Å². The molecule has 3 aromatic heterocycles. The number of hydrogen-bond donors (Lipinski definition) is 1. The monoisotopic (exact) mass is 359 g/mol. The van der Waals surface area contributed by atoms with Crippen molar-refractivity contribution < 1.29 is 4.74 Å². The molecule has 0 aliphatic carbocycles. The van der Waals surface area contributed by atoms with Crippen LogP contribution < -0.4 is 5.32 Å². The van der Waals surface area contributed by atoms with Gasteiger partial charge in [0.25, 0.3) is 0 Å². The molecular formula is C18H22ClN5O. The number of aromatic nitrogens is 4. The summed E-state index contributed by atoms with van der Waals surface area (Å²) in [5.41, 5.74) is 2.01. The predicted molar refractivity (Wildman–Crippen MR) is 96.5 cm³/mol. The first-order valence-corrected chi connectivity index (χ1v) is 9.01. The second kappa shape index (κ2) is 7.15. The summed E-state index contributed by atoms with van der Waals surface area (Å²) in [5.74, 6) is 1.42. The third-order valence-corrected chi connectivity index (χ3v) is 5.04. The van der Waals surface area contributed by atoms with Crippen LogP contribution in [-0.2, 0) is 18.3 Å². The van der Waals surface area contributed by atoms with Gasteiger partial charge in [0, 0.05) is 51.3 Å². The molecule has 1 fully saturated rings. The van der Waals surface area contributed by atoms with E-state index < -0.39 is 0 Å². The van der Waals surface area contributed by atoms with E-state index in [1.165, 1.54) is 0 Å². The van der Waals surface area contributed by atoms with Crippen molar-refractivity contribution in [2.24, 2.45) is 13.0 Å². The molecule has 2 atom stereocenters. The van der Waals surface area contributed by atoms with E-state index >= 15 is 0 Å². The first kappa shape index (κ1) is 16.6. The highest BCUT2D eigenvalue weighted by Crippen LogP contribution is 2.32. The molecule has 1 N–H and O–H groups in total. The molecule has 4 heterocycles. The van der Waals surface area contributed by atoms with Crippen molar-refractivity contribution in [1.82, 2.24) is 24.3 Å². The van der Waals surface area contributed by atoms with Crippen molar-refractivity contribution in [2.75, 3.05) is 13.2 Å². The Labute approximate surface area is 151 Å². The minimum atomic E-state index is 0.0536. The topological polar surface area (TPSA) is 56.4 Å². The number of nitrogens with zero attached hydrogens (tertiary/aromatic N) is 4. The third kappa shape index (κ3) is 3.42. The Balaban J connectivity index is 1.43. The number of aryl methyl sites for hydroxylation is 1. The van der Waals surface area contributed by atoms with Crippen LogP contribution in [0.4, 0.5) is 0 Å². The first-order chi connectivity index (χ1) is 12.2. The van der Waals surface area contributed by atoms with Gasteiger partial charge in [-0.05, 0) is 25.0 Å². The van der Waals surface area contributed by atoms with Gasteiger partial charge in [0.1, 0.15) is 17.6 Å².